The Balaban J connectivity index is 0.000000333. The molecule has 0 aliphatic heterocycles. The highest BCUT2D eigenvalue weighted by atomic mass is 19.4. The molecule has 15 heteroatoms. The minimum absolute atomic E-state index is 0.0554. The first-order chi connectivity index (χ1) is 20.5. The van der Waals surface area contributed by atoms with Gasteiger partial charge in [0.15, 0.2) is 6.61 Å². The van der Waals surface area contributed by atoms with Crippen LogP contribution in [0.25, 0.3) is 0 Å². The van der Waals surface area contributed by atoms with E-state index < -0.39 is 54.6 Å². The molecule has 0 bridgehead atoms. The van der Waals surface area contributed by atoms with E-state index in [1.54, 1.807) is 0 Å². The minimum Gasteiger partial charge on any atom is -0.508 e. The molecule has 0 aliphatic rings. The third kappa shape index (κ3) is 13.8. The van der Waals surface area contributed by atoms with Crippen molar-refractivity contribution in [2.75, 3.05) is 19.7 Å². The van der Waals surface area contributed by atoms with E-state index in [9.17, 15) is 37.1 Å². The fraction of sp³-hybridized carbons (Fsp3) is 0.207. The van der Waals surface area contributed by atoms with E-state index in [0.717, 1.165) is 23.3 Å². The largest absolute Gasteiger partial charge is 0.508 e. The highest BCUT2D eigenvalue weighted by molar-refractivity contribution is 5.96. The molecule has 12 nitrogen and oxygen atoms in total. The Kier molecular flexibility index (Phi) is 14.4. The van der Waals surface area contributed by atoms with Crippen LogP contribution in [-0.2, 0) is 20.6 Å². The summed E-state index contributed by atoms with van der Waals surface area (Å²) >= 11 is 0. The van der Waals surface area contributed by atoms with E-state index in [0.29, 0.717) is 17.4 Å². The average Bonchev–Trinajstić information content (AvgIpc) is 2.95. The van der Waals surface area contributed by atoms with Crippen molar-refractivity contribution in [3.63, 3.8) is 0 Å². The van der Waals surface area contributed by atoms with Crippen LogP contribution in [0.1, 0.15) is 37.4 Å². The highest BCUT2D eigenvalue weighted by Gasteiger charge is 2.30. The van der Waals surface area contributed by atoms with Crippen molar-refractivity contribution in [3.05, 3.63) is 94.5 Å². The van der Waals surface area contributed by atoms with Crippen molar-refractivity contribution in [2.45, 2.75) is 20.0 Å². The van der Waals surface area contributed by atoms with Crippen LogP contribution in [0.5, 0.6) is 11.5 Å². The van der Waals surface area contributed by atoms with Crippen LogP contribution in [0.2, 0.25) is 0 Å². The van der Waals surface area contributed by atoms with E-state index in [1.165, 1.54) is 30.3 Å². The molecule has 236 valence electrons. The maximum Gasteiger partial charge on any atom is 0.416 e. The van der Waals surface area contributed by atoms with Crippen molar-refractivity contribution in [1.29, 1.82) is 0 Å². The van der Waals surface area contributed by atoms with Crippen LogP contribution in [0.4, 0.5) is 13.2 Å². The van der Waals surface area contributed by atoms with Gasteiger partial charge in [-0.3, -0.25) is 19.2 Å². The molecular formula is C29H29F3N2O10. The number of alkyl halides is 3. The molecular weight excluding hydrogens is 593 g/mol. The number of hydrogen-bond acceptors (Lipinski definition) is 7. The van der Waals surface area contributed by atoms with E-state index in [4.69, 9.17) is 25.2 Å². The van der Waals surface area contributed by atoms with Crippen molar-refractivity contribution in [2.24, 2.45) is 0 Å². The number of carbonyl (C=O) groups is 5. The number of aryl methyl sites for hydroxylation is 2. The molecule has 3 aromatic rings. The van der Waals surface area contributed by atoms with Gasteiger partial charge in [-0.15, -0.1) is 0 Å². The average molecular weight is 623 g/mol. The summed E-state index contributed by atoms with van der Waals surface area (Å²) in [4.78, 5) is 53.1. The summed E-state index contributed by atoms with van der Waals surface area (Å²) < 4.78 is 42.1. The number of halogens is 3. The zero-order chi connectivity index (χ0) is 33.4. The van der Waals surface area contributed by atoms with Gasteiger partial charge in [0.05, 0.1) is 5.56 Å². The Hall–Kier alpha value is -5.60. The summed E-state index contributed by atoms with van der Waals surface area (Å²) in [7, 11) is 0. The van der Waals surface area contributed by atoms with Gasteiger partial charge in [-0.25, -0.2) is 4.79 Å². The molecule has 0 fully saturated rings. The van der Waals surface area contributed by atoms with Crippen LogP contribution in [0.15, 0.2) is 66.7 Å². The number of phenols is 1. The standard InChI is InChI=1S/C10H8F3NO3.C10H12O3.C9H9NO4/c11-10(12,13)7-3-1-2-6(4-7)9(17)14-5-8(15)16;1-7-4-3-5-8(2)10(7)13-6-9(11)12;11-7-3-1-6(2-4-7)9(14)10-5-8(12)13/h1-4H,5H2,(H,14,17)(H,15,16);3-5H,6H2,1-2H3,(H,11,12);1-4,11H,5H2,(H,10,14)(H,12,13). The van der Waals surface area contributed by atoms with Gasteiger partial charge < -0.3 is 35.8 Å². The number of benzene rings is 3. The van der Waals surface area contributed by atoms with Crippen molar-refractivity contribution in [3.8, 4) is 11.5 Å². The smallest absolute Gasteiger partial charge is 0.416 e. The summed E-state index contributed by atoms with van der Waals surface area (Å²) in [5.41, 5.74) is 1.04. The Morgan fingerprint density at radius 1 is 0.705 bits per heavy atom. The Morgan fingerprint density at radius 2 is 1.18 bits per heavy atom. The van der Waals surface area contributed by atoms with Gasteiger partial charge in [-0.05, 0) is 67.4 Å². The number of hydrogen-bond donors (Lipinski definition) is 6. The van der Waals surface area contributed by atoms with Crippen LogP contribution in [-0.4, -0.2) is 69.8 Å². The van der Waals surface area contributed by atoms with Gasteiger partial charge in [0.2, 0.25) is 0 Å². The van der Waals surface area contributed by atoms with Crippen LogP contribution < -0.4 is 15.4 Å². The van der Waals surface area contributed by atoms with Gasteiger partial charge in [-0.2, -0.15) is 13.2 Å². The van der Waals surface area contributed by atoms with Gasteiger partial charge in [-0.1, -0.05) is 24.3 Å². The van der Waals surface area contributed by atoms with Crippen LogP contribution in [0.3, 0.4) is 0 Å². The minimum atomic E-state index is -4.54. The second-order valence-electron chi connectivity index (χ2n) is 8.68. The van der Waals surface area contributed by atoms with Gasteiger partial charge in [0.1, 0.15) is 24.6 Å². The summed E-state index contributed by atoms with van der Waals surface area (Å²) in [5, 5.41) is 38.1. The fourth-order valence-corrected chi connectivity index (χ4v) is 3.13. The molecule has 3 rings (SSSR count). The predicted octanol–water partition coefficient (Wildman–Crippen LogP) is 3.49. The SMILES string of the molecule is Cc1cccc(C)c1OCC(=O)O.O=C(O)CNC(=O)c1ccc(O)cc1.O=C(O)CNC(=O)c1cccc(C(F)(F)F)c1. The van der Waals surface area contributed by atoms with Crippen molar-refractivity contribution >= 4 is 29.7 Å². The summed E-state index contributed by atoms with van der Waals surface area (Å²) in [6.45, 7) is 2.44. The molecule has 0 unspecified atom stereocenters. The number of ether oxygens (including phenoxy) is 1. The summed E-state index contributed by atoms with van der Waals surface area (Å²) in [6, 6.07) is 15.0. The number of carboxylic acid groups (broad SMARTS) is 3. The molecule has 0 atom stereocenters. The van der Waals surface area contributed by atoms with Crippen LogP contribution in [0, 0.1) is 13.8 Å². The quantitative estimate of drug-likeness (QED) is 0.205. The second-order valence-corrected chi connectivity index (χ2v) is 8.68. The molecule has 3 aromatic carbocycles. The van der Waals surface area contributed by atoms with Gasteiger partial charge in [0.25, 0.3) is 11.8 Å². The van der Waals surface area contributed by atoms with Gasteiger partial charge >= 0.3 is 24.1 Å². The summed E-state index contributed by atoms with van der Waals surface area (Å²) in [6.07, 6.45) is -4.54. The topological polar surface area (TPSA) is 200 Å². The zero-order valence-corrected chi connectivity index (χ0v) is 23.3. The number of carbonyl (C=O) groups excluding carboxylic acids is 2. The molecule has 0 aromatic heterocycles. The molecule has 6 N–H and O–H groups in total. The third-order valence-corrected chi connectivity index (χ3v) is 5.13. The molecule has 2 amide bonds. The molecule has 0 saturated heterocycles. The first kappa shape index (κ1) is 36.4. The maximum atomic E-state index is 12.3. The summed E-state index contributed by atoms with van der Waals surface area (Å²) in [5.74, 6) is -3.94. The Morgan fingerprint density at radius 3 is 1.64 bits per heavy atom. The lowest BCUT2D eigenvalue weighted by atomic mass is 10.1. The van der Waals surface area contributed by atoms with E-state index in [1.807, 2.05) is 37.4 Å². The van der Waals surface area contributed by atoms with E-state index in [2.05, 4.69) is 5.32 Å². The maximum absolute atomic E-state index is 12.3. The number of amides is 2. The number of phenolic OH excluding ortho intramolecular Hbond substituents is 1. The first-order valence-electron chi connectivity index (χ1n) is 12.4. The third-order valence-electron chi connectivity index (χ3n) is 5.13. The number of nitrogens with one attached hydrogen (secondary N) is 2. The molecule has 0 saturated carbocycles. The Bertz CT molecular complexity index is 1440. The van der Waals surface area contributed by atoms with Crippen LogP contribution >= 0.6 is 0 Å². The molecule has 0 heterocycles. The molecule has 0 spiro atoms. The van der Waals surface area contributed by atoms with Crippen molar-refractivity contribution < 1.29 is 62.3 Å². The lowest BCUT2D eigenvalue weighted by Crippen LogP contribution is -2.29. The van der Waals surface area contributed by atoms with Crippen molar-refractivity contribution in [1.82, 2.24) is 10.6 Å². The molecule has 44 heavy (non-hydrogen) atoms. The highest BCUT2D eigenvalue weighted by Crippen LogP contribution is 2.29. The first-order valence-corrected chi connectivity index (χ1v) is 12.4. The fourth-order valence-electron chi connectivity index (χ4n) is 3.13. The Labute approximate surface area is 248 Å². The lowest BCUT2D eigenvalue weighted by molar-refractivity contribution is -0.139. The number of rotatable bonds is 9. The molecule has 0 aliphatic carbocycles. The number of aliphatic carboxylic acids is 3. The lowest BCUT2D eigenvalue weighted by Gasteiger charge is -2.09. The second kappa shape index (κ2) is 17.4. The zero-order valence-electron chi connectivity index (χ0n) is 23.3. The number of aromatic hydroxyl groups is 1. The van der Waals surface area contributed by atoms with Gasteiger partial charge in [0, 0.05) is 11.1 Å². The monoisotopic (exact) mass is 622 g/mol. The molecule has 0 radical (unpaired) electrons. The normalized spacial score (nSPS) is 10.1. The predicted molar refractivity (Wildman–Crippen MR) is 149 cm³/mol. The van der Waals surface area contributed by atoms with E-state index >= 15 is 0 Å². The number of para-hydroxylation sites is 1. The number of carboxylic acids is 3. The van der Waals surface area contributed by atoms with E-state index in [-0.39, 0.29) is 17.9 Å².